The van der Waals surface area contributed by atoms with Crippen molar-refractivity contribution in [2.24, 2.45) is 0 Å². The number of carbonyl (C=O) groups excluding carboxylic acids is 1. The smallest absolute Gasteiger partial charge is 0.251 e. The van der Waals surface area contributed by atoms with Crippen molar-refractivity contribution in [1.82, 2.24) is 20.2 Å². The number of H-pyrrole nitrogens is 1. The molecule has 0 radical (unpaired) electrons. The minimum absolute atomic E-state index is 0.0831. The number of methoxy groups -OCH3 is 3. The number of nitrogens with zero attached hydrogens (tertiary/aromatic N) is 3. The molecule has 1 atom stereocenters. The number of nitrogens with one attached hydrogen (secondary N) is 2. The Morgan fingerprint density at radius 2 is 1.81 bits per heavy atom. The Labute approximate surface area is 258 Å². The fraction of sp³-hybridized carbons (Fsp3) is 0.394. The van der Waals surface area contributed by atoms with Crippen LogP contribution in [0.25, 0.3) is 11.0 Å². The van der Waals surface area contributed by atoms with E-state index in [-0.39, 0.29) is 11.8 Å². The maximum Gasteiger partial charge on any atom is 0.251 e. The van der Waals surface area contributed by atoms with Gasteiger partial charge in [0.1, 0.15) is 0 Å². The molecule has 1 unspecified atom stereocenters. The van der Waals surface area contributed by atoms with E-state index in [0.29, 0.717) is 39.9 Å². The predicted molar refractivity (Wildman–Crippen MR) is 171 cm³/mol. The molecule has 0 aliphatic carbocycles. The summed E-state index contributed by atoms with van der Waals surface area (Å²) in [4.78, 5) is 26.6. The third-order valence-electron chi connectivity index (χ3n) is 8.21. The molecular weight excluding hydrogens is 566 g/mol. The minimum atomic E-state index is -0.194. The van der Waals surface area contributed by atoms with Crippen LogP contribution in [0.4, 0.5) is 5.95 Å². The van der Waals surface area contributed by atoms with E-state index in [1.165, 1.54) is 0 Å². The van der Waals surface area contributed by atoms with Gasteiger partial charge in [-0.15, -0.1) is 0 Å². The number of ether oxygens (including phenoxy) is 3. The van der Waals surface area contributed by atoms with Crippen molar-refractivity contribution >= 4 is 34.5 Å². The van der Waals surface area contributed by atoms with Gasteiger partial charge in [0.15, 0.2) is 11.5 Å². The standard InChI is InChI=1S/C33H40ClN5O4/c1-22-26(20-29(41-2)31(43-4)30(22)42-3)32(40)35-21-24(23-9-7-10-25(34)19-23)13-16-38-14-8-15-39(18-17-38)33-36-27-11-5-6-12-28(27)37-33/h5-7,9-12,19-20,24H,8,13-18,21H2,1-4H3,(H,35,40)(H,36,37). The molecule has 43 heavy (non-hydrogen) atoms. The predicted octanol–water partition coefficient (Wildman–Crippen LogP) is 5.67. The Balaban J connectivity index is 1.26. The van der Waals surface area contributed by atoms with E-state index in [2.05, 4.69) is 32.2 Å². The van der Waals surface area contributed by atoms with Gasteiger partial charge in [0.25, 0.3) is 5.91 Å². The summed E-state index contributed by atoms with van der Waals surface area (Å²) >= 11 is 6.39. The average Bonchev–Trinajstić information content (AvgIpc) is 3.31. The summed E-state index contributed by atoms with van der Waals surface area (Å²) in [6, 6.07) is 17.8. The summed E-state index contributed by atoms with van der Waals surface area (Å²) in [6.45, 7) is 7.03. The fourth-order valence-corrected chi connectivity index (χ4v) is 6.03. The topological polar surface area (TPSA) is 92.0 Å². The van der Waals surface area contributed by atoms with E-state index in [4.69, 9.17) is 30.8 Å². The molecule has 9 nitrogen and oxygen atoms in total. The lowest BCUT2D eigenvalue weighted by molar-refractivity contribution is 0.0948. The first kappa shape index (κ1) is 30.5. The molecule has 2 heterocycles. The van der Waals surface area contributed by atoms with Crippen LogP contribution in [-0.2, 0) is 0 Å². The third kappa shape index (κ3) is 7.00. The van der Waals surface area contributed by atoms with Crippen LogP contribution in [0, 0.1) is 6.92 Å². The maximum atomic E-state index is 13.5. The van der Waals surface area contributed by atoms with Gasteiger partial charge >= 0.3 is 0 Å². The highest BCUT2D eigenvalue weighted by molar-refractivity contribution is 6.30. The first-order chi connectivity index (χ1) is 20.9. The van der Waals surface area contributed by atoms with Gasteiger partial charge in [0, 0.05) is 48.2 Å². The van der Waals surface area contributed by atoms with Gasteiger partial charge in [-0.05, 0) is 68.8 Å². The van der Waals surface area contributed by atoms with E-state index in [9.17, 15) is 4.79 Å². The number of fused-ring (bicyclic) bond motifs is 1. The molecule has 10 heteroatoms. The Morgan fingerprint density at radius 3 is 2.56 bits per heavy atom. The van der Waals surface area contributed by atoms with Crippen LogP contribution >= 0.6 is 11.6 Å². The summed E-state index contributed by atoms with van der Waals surface area (Å²) in [7, 11) is 4.65. The molecule has 1 amide bonds. The second-order valence-corrected chi connectivity index (χ2v) is 11.3. The van der Waals surface area contributed by atoms with Gasteiger partial charge in [0.2, 0.25) is 11.7 Å². The van der Waals surface area contributed by atoms with Crippen LogP contribution in [0.3, 0.4) is 0 Å². The van der Waals surface area contributed by atoms with Crippen molar-refractivity contribution in [3.05, 3.63) is 76.3 Å². The molecule has 1 aliphatic heterocycles. The Bertz CT molecular complexity index is 1520. The number of hydrogen-bond donors (Lipinski definition) is 2. The van der Waals surface area contributed by atoms with E-state index >= 15 is 0 Å². The Morgan fingerprint density at radius 1 is 1.00 bits per heavy atom. The van der Waals surface area contributed by atoms with Gasteiger partial charge in [-0.3, -0.25) is 4.79 Å². The van der Waals surface area contributed by atoms with E-state index < -0.39 is 0 Å². The summed E-state index contributed by atoms with van der Waals surface area (Å²) in [5.41, 5.74) is 4.33. The van der Waals surface area contributed by atoms with Crippen molar-refractivity contribution in [2.45, 2.75) is 25.7 Å². The van der Waals surface area contributed by atoms with Gasteiger partial charge in [0.05, 0.1) is 32.4 Å². The van der Waals surface area contributed by atoms with Crippen molar-refractivity contribution in [3.63, 3.8) is 0 Å². The van der Waals surface area contributed by atoms with Crippen LogP contribution in [0.15, 0.2) is 54.6 Å². The number of para-hydroxylation sites is 2. The monoisotopic (exact) mass is 605 g/mol. The van der Waals surface area contributed by atoms with Gasteiger partial charge in [-0.2, -0.15) is 0 Å². The Kier molecular flexibility index (Phi) is 9.94. The average molecular weight is 606 g/mol. The highest BCUT2D eigenvalue weighted by Crippen LogP contribution is 2.41. The summed E-state index contributed by atoms with van der Waals surface area (Å²) in [5.74, 6) is 2.21. The van der Waals surface area contributed by atoms with E-state index in [0.717, 1.165) is 68.1 Å². The number of halogens is 1. The van der Waals surface area contributed by atoms with Crippen LogP contribution in [0.2, 0.25) is 5.02 Å². The van der Waals surface area contributed by atoms with E-state index in [1.807, 2.05) is 43.3 Å². The number of imidazole rings is 1. The number of carbonyl (C=O) groups is 1. The molecule has 1 fully saturated rings. The van der Waals surface area contributed by atoms with Crippen LogP contribution in [0.1, 0.15) is 40.2 Å². The van der Waals surface area contributed by atoms with Gasteiger partial charge in [-0.1, -0.05) is 35.9 Å². The number of anilines is 1. The lowest BCUT2D eigenvalue weighted by Gasteiger charge is -2.25. The second-order valence-electron chi connectivity index (χ2n) is 10.8. The van der Waals surface area contributed by atoms with Gasteiger partial charge in [-0.25, -0.2) is 4.98 Å². The van der Waals surface area contributed by atoms with Crippen molar-refractivity contribution in [2.75, 3.05) is 65.5 Å². The molecule has 228 valence electrons. The van der Waals surface area contributed by atoms with Crippen molar-refractivity contribution in [1.29, 1.82) is 0 Å². The maximum absolute atomic E-state index is 13.5. The molecule has 0 saturated carbocycles. The quantitative estimate of drug-likeness (QED) is 0.228. The molecule has 0 spiro atoms. The number of benzene rings is 3. The molecule has 1 aliphatic rings. The summed E-state index contributed by atoms with van der Waals surface area (Å²) in [5, 5.41) is 3.85. The van der Waals surface area contributed by atoms with Crippen molar-refractivity contribution in [3.8, 4) is 17.2 Å². The summed E-state index contributed by atoms with van der Waals surface area (Å²) < 4.78 is 16.5. The van der Waals surface area contributed by atoms with Crippen molar-refractivity contribution < 1.29 is 19.0 Å². The van der Waals surface area contributed by atoms with Crippen LogP contribution in [0.5, 0.6) is 17.2 Å². The molecule has 3 aromatic carbocycles. The first-order valence-electron chi connectivity index (χ1n) is 14.7. The molecule has 0 bridgehead atoms. The zero-order valence-electron chi connectivity index (χ0n) is 25.3. The number of aromatic nitrogens is 2. The third-order valence-corrected chi connectivity index (χ3v) is 8.45. The SMILES string of the molecule is COc1cc(C(=O)NCC(CCN2CCCN(c3nc4ccccc4[nH]3)CC2)c2cccc(Cl)c2)c(C)c(OC)c1OC. The molecular formula is C33H40ClN5O4. The zero-order chi connectivity index (χ0) is 30.3. The largest absolute Gasteiger partial charge is 0.493 e. The van der Waals surface area contributed by atoms with E-state index in [1.54, 1.807) is 27.4 Å². The lowest BCUT2D eigenvalue weighted by Crippen LogP contribution is -2.34. The van der Waals surface area contributed by atoms with Gasteiger partial charge < -0.3 is 34.3 Å². The molecule has 4 aromatic rings. The molecule has 1 aromatic heterocycles. The number of hydrogen-bond acceptors (Lipinski definition) is 7. The highest BCUT2D eigenvalue weighted by Gasteiger charge is 2.24. The fourth-order valence-electron chi connectivity index (χ4n) is 5.83. The highest BCUT2D eigenvalue weighted by atomic mass is 35.5. The lowest BCUT2D eigenvalue weighted by atomic mass is 9.95. The second kappa shape index (κ2) is 14.0. The first-order valence-corrected chi connectivity index (χ1v) is 15.0. The molecule has 1 saturated heterocycles. The van der Waals surface area contributed by atoms with Crippen LogP contribution < -0.4 is 24.4 Å². The Hall–Kier alpha value is -3.95. The zero-order valence-corrected chi connectivity index (χ0v) is 26.0. The minimum Gasteiger partial charge on any atom is -0.493 e. The molecule has 5 rings (SSSR count). The normalized spacial score (nSPS) is 14.8. The number of aromatic amines is 1. The van der Waals surface area contributed by atoms with Crippen LogP contribution in [-0.4, -0.2) is 81.4 Å². The molecule has 2 N–H and O–H groups in total. The number of amides is 1. The summed E-state index contributed by atoms with van der Waals surface area (Å²) in [6.07, 6.45) is 1.93. The number of rotatable bonds is 11.